The first-order chi connectivity index (χ1) is 21.2. The second kappa shape index (κ2) is 13.4. The maximum atomic E-state index is 13.3. The van der Waals surface area contributed by atoms with Gasteiger partial charge in [0.2, 0.25) is 0 Å². The summed E-state index contributed by atoms with van der Waals surface area (Å²) in [6.45, 7) is 4.04. The van der Waals surface area contributed by atoms with Gasteiger partial charge in [-0.1, -0.05) is 48.5 Å². The van der Waals surface area contributed by atoms with Crippen molar-refractivity contribution < 1.29 is 28.7 Å². The number of ether oxygens (including phenoxy) is 2. The quantitative estimate of drug-likeness (QED) is 0.161. The minimum Gasteiger partial charge on any atom is -0.489 e. The van der Waals surface area contributed by atoms with Crippen LogP contribution in [-0.4, -0.2) is 30.4 Å². The number of amides is 5. The average molecular weight is 655 g/mol. The number of aryl methyl sites for hydroxylation is 1. The zero-order valence-electron chi connectivity index (χ0n) is 23.9. The summed E-state index contributed by atoms with van der Waals surface area (Å²) in [5.41, 5.74) is 4.32. The number of nitrogens with zero attached hydrogens (tertiary/aromatic N) is 1. The van der Waals surface area contributed by atoms with Gasteiger partial charge in [-0.05, 0) is 101 Å². The fourth-order valence-electron chi connectivity index (χ4n) is 4.43. The number of carbonyl (C=O) groups is 4. The number of imide groups is 2. The maximum absolute atomic E-state index is 13.3. The molecule has 1 aliphatic heterocycles. The van der Waals surface area contributed by atoms with E-state index >= 15 is 0 Å². The molecule has 9 nitrogen and oxygen atoms in total. The van der Waals surface area contributed by atoms with Crippen LogP contribution in [0.2, 0.25) is 0 Å². The molecular weight excluding hydrogens is 626 g/mol. The van der Waals surface area contributed by atoms with E-state index in [1.807, 2.05) is 62.4 Å². The van der Waals surface area contributed by atoms with Crippen LogP contribution >= 0.6 is 15.9 Å². The Bertz CT molecular complexity index is 1770. The number of anilines is 2. The molecule has 44 heavy (non-hydrogen) atoms. The minimum absolute atomic E-state index is 0.220. The lowest BCUT2D eigenvalue weighted by Gasteiger charge is -2.26. The summed E-state index contributed by atoms with van der Waals surface area (Å²) in [4.78, 5) is 52.0. The van der Waals surface area contributed by atoms with E-state index in [0.29, 0.717) is 28.1 Å². The molecule has 1 fully saturated rings. The summed E-state index contributed by atoms with van der Waals surface area (Å²) in [5, 5.41) is 5.07. The molecule has 0 unspecified atom stereocenters. The Morgan fingerprint density at radius 3 is 2.39 bits per heavy atom. The first-order valence-electron chi connectivity index (χ1n) is 13.7. The third-order valence-electron chi connectivity index (χ3n) is 6.95. The van der Waals surface area contributed by atoms with Gasteiger partial charge in [-0.3, -0.25) is 19.7 Å². The van der Waals surface area contributed by atoms with Crippen LogP contribution in [0.5, 0.6) is 11.5 Å². The molecule has 0 bridgehead atoms. The Kier molecular flexibility index (Phi) is 9.20. The van der Waals surface area contributed by atoms with Gasteiger partial charge in [0.1, 0.15) is 23.7 Å². The topological polar surface area (TPSA) is 114 Å². The van der Waals surface area contributed by atoms with E-state index in [4.69, 9.17) is 9.47 Å². The molecule has 2 N–H and O–H groups in total. The highest BCUT2D eigenvalue weighted by molar-refractivity contribution is 9.10. The predicted octanol–water partition coefficient (Wildman–Crippen LogP) is 6.33. The van der Waals surface area contributed by atoms with E-state index in [-0.39, 0.29) is 23.8 Å². The summed E-state index contributed by atoms with van der Waals surface area (Å²) in [5.74, 6) is -0.935. The molecule has 5 rings (SSSR count). The second-order valence-electron chi connectivity index (χ2n) is 10.0. The summed E-state index contributed by atoms with van der Waals surface area (Å²) in [7, 11) is 0. The van der Waals surface area contributed by atoms with Crippen molar-refractivity contribution in [1.82, 2.24) is 5.32 Å². The van der Waals surface area contributed by atoms with Crippen molar-refractivity contribution >= 4 is 57.1 Å². The van der Waals surface area contributed by atoms with Gasteiger partial charge >= 0.3 is 6.03 Å². The van der Waals surface area contributed by atoms with Crippen LogP contribution in [0.4, 0.5) is 16.2 Å². The van der Waals surface area contributed by atoms with Crippen molar-refractivity contribution in [3.8, 4) is 11.5 Å². The van der Waals surface area contributed by atoms with E-state index in [1.165, 1.54) is 6.08 Å². The van der Waals surface area contributed by atoms with Gasteiger partial charge < -0.3 is 14.8 Å². The highest BCUT2D eigenvalue weighted by Gasteiger charge is 2.36. The number of carbonyl (C=O) groups excluding carboxylic acids is 4. The van der Waals surface area contributed by atoms with Crippen LogP contribution in [0.1, 0.15) is 22.3 Å². The molecule has 0 atom stereocenters. The molecule has 0 aliphatic carbocycles. The van der Waals surface area contributed by atoms with Gasteiger partial charge in [0.15, 0.2) is 6.61 Å². The molecule has 0 spiro atoms. The molecular formula is C34H28BrN3O6. The highest BCUT2D eigenvalue weighted by atomic mass is 79.9. The van der Waals surface area contributed by atoms with E-state index in [2.05, 4.69) is 26.6 Å². The molecule has 222 valence electrons. The van der Waals surface area contributed by atoms with Crippen molar-refractivity contribution in [3.05, 3.63) is 123 Å². The largest absolute Gasteiger partial charge is 0.489 e. The summed E-state index contributed by atoms with van der Waals surface area (Å²) < 4.78 is 12.0. The van der Waals surface area contributed by atoms with Crippen LogP contribution in [0.15, 0.2) is 101 Å². The van der Waals surface area contributed by atoms with Gasteiger partial charge in [-0.15, -0.1) is 0 Å². The molecule has 10 heteroatoms. The normalized spacial score (nSPS) is 13.9. The standard InChI is InChI=1S/C34H28BrN3O6/c1-21-7-6-10-29(22(21)2)36-31(39)20-44-30-16-11-24(18-28(30)35)17-27-32(40)37-34(42)38(33(27)41)25-12-14-26(15-13-25)43-19-23-8-4-3-5-9-23/h3-18H,19-20H2,1-2H3,(H,36,39)(H,37,40,42)/b27-17-. The molecule has 0 saturated carbocycles. The number of benzene rings is 4. The zero-order chi connectivity index (χ0) is 31.2. The Morgan fingerprint density at radius 1 is 0.909 bits per heavy atom. The predicted molar refractivity (Wildman–Crippen MR) is 170 cm³/mol. The van der Waals surface area contributed by atoms with Crippen LogP contribution < -0.4 is 25.0 Å². The maximum Gasteiger partial charge on any atom is 0.335 e. The molecule has 1 saturated heterocycles. The Balaban J connectivity index is 1.25. The van der Waals surface area contributed by atoms with Gasteiger partial charge in [0.05, 0.1) is 10.2 Å². The van der Waals surface area contributed by atoms with Crippen LogP contribution in [0.25, 0.3) is 6.08 Å². The smallest absolute Gasteiger partial charge is 0.335 e. The fraction of sp³-hybridized carbons (Fsp3) is 0.118. The monoisotopic (exact) mass is 653 g/mol. The Labute approximate surface area is 262 Å². The summed E-state index contributed by atoms with van der Waals surface area (Å²) in [6, 6.07) is 25.8. The van der Waals surface area contributed by atoms with Gasteiger partial charge in [-0.25, -0.2) is 9.69 Å². The lowest BCUT2D eigenvalue weighted by molar-refractivity contribution is -0.122. The van der Waals surface area contributed by atoms with E-state index in [9.17, 15) is 19.2 Å². The summed E-state index contributed by atoms with van der Waals surface area (Å²) in [6.07, 6.45) is 1.39. The molecule has 0 aromatic heterocycles. The average Bonchev–Trinajstić information content (AvgIpc) is 3.01. The lowest BCUT2D eigenvalue weighted by atomic mass is 10.1. The second-order valence-corrected chi connectivity index (χ2v) is 10.9. The first-order valence-corrected chi connectivity index (χ1v) is 14.5. The number of rotatable bonds is 9. The highest BCUT2D eigenvalue weighted by Crippen LogP contribution is 2.29. The number of hydrogen-bond donors (Lipinski definition) is 2. The van der Waals surface area contributed by atoms with Crippen LogP contribution in [-0.2, 0) is 21.0 Å². The molecule has 4 aromatic rings. The van der Waals surface area contributed by atoms with Gasteiger partial charge in [0, 0.05) is 5.69 Å². The third kappa shape index (κ3) is 7.04. The van der Waals surface area contributed by atoms with Crippen molar-refractivity contribution in [2.24, 2.45) is 0 Å². The van der Waals surface area contributed by atoms with E-state index < -0.39 is 17.8 Å². The number of barbiturate groups is 1. The first kappa shape index (κ1) is 30.2. The van der Waals surface area contributed by atoms with Crippen molar-refractivity contribution in [1.29, 1.82) is 0 Å². The number of halogens is 1. The molecule has 4 aromatic carbocycles. The van der Waals surface area contributed by atoms with Crippen molar-refractivity contribution in [2.45, 2.75) is 20.5 Å². The molecule has 1 heterocycles. The number of nitrogens with one attached hydrogen (secondary N) is 2. The van der Waals surface area contributed by atoms with Crippen LogP contribution in [0, 0.1) is 13.8 Å². The SMILES string of the molecule is Cc1cccc(NC(=O)COc2ccc(/C=C3/C(=O)NC(=O)N(c4ccc(OCc5ccccc5)cc4)C3=O)cc2Br)c1C. The Morgan fingerprint density at radius 2 is 1.66 bits per heavy atom. The van der Waals surface area contributed by atoms with E-state index in [1.54, 1.807) is 42.5 Å². The van der Waals surface area contributed by atoms with Gasteiger partial charge in [0.25, 0.3) is 17.7 Å². The third-order valence-corrected chi connectivity index (χ3v) is 7.57. The lowest BCUT2D eigenvalue weighted by Crippen LogP contribution is -2.54. The fourth-order valence-corrected chi connectivity index (χ4v) is 4.94. The number of urea groups is 1. The Hall–Kier alpha value is -5.22. The van der Waals surface area contributed by atoms with Crippen molar-refractivity contribution in [3.63, 3.8) is 0 Å². The molecule has 1 aliphatic rings. The minimum atomic E-state index is -0.848. The van der Waals surface area contributed by atoms with Gasteiger partial charge in [-0.2, -0.15) is 0 Å². The molecule has 0 radical (unpaired) electrons. The number of hydrogen-bond acceptors (Lipinski definition) is 6. The van der Waals surface area contributed by atoms with Crippen LogP contribution in [0.3, 0.4) is 0 Å². The molecule has 5 amide bonds. The van der Waals surface area contributed by atoms with Crippen molar-refractivity contribution in [2.75, 3.05) is 16.8 Å². The zero-order valence-corrected chi connectivity index (χ0v) is 25.5. The van der Waals surface area contributed by atoms with E-state index in [0.717, 1.165) is 27.3 Å². The summed E-state index contributed by atoms with van der Waals surface area (Å²) >= 11 is 3.42.